The number of rotatable bonds is 4. The van der Waals surface area contributed by atoms with E-state index < -0.39 is 0 Å². The minimum absolute atomic E-state index is 0.0197. The maximum atomic E-state index is 13.5. The lowest BCUT2D eigenvalue weighted by atomic mass is 9.82. The molecule has 0 N–H and O–H groups in total. The summed E-state index contributed by atoms with van der Waals surface area (Å²) in [5, 5.41) is 11.3. The van der Waals surface area contributed by atoms with Crippen LogP contribution in [0.15, 0.2) is 42.5 Å². The number of halogens is 1. The molecule has 3 heterocycles. The Morgan fingerprint density at radius 3 is 2.53 bits per heavy atom. The Morgan fingerprint density at radius 2 is 1.81 bits per heavy atom. The van der Waals surface area contributed by atoms with Crippen LogP contribution in [-0.4, -0.2) is 59.4 Å². The summed E-state index contributed by atoms with van der Waals surface area (Å²) in [7, 11) is 0. The van der Waals surface area contributed by atoms with Crippen LogP contribution in [0.1, 0.15) is 24.0 Å². The first-order valence-electron chi connectivity index (χ1n) is 11.3. The smallest absolute Gasteiger partial charge is 0.269 e. The van der Waals surface area contributed by atoms with E-state index in [4.69, 9.17) is 0 Å². The summed E-state index contributed by atoms with van der Waals surface area (Å²) in [5.74, 6) is -0.301. The van der Waals surface area contributed by atoms with Gasteiger partial charge in [-0.3, -0.25) is 19.8 Å². The molecule has 2 aromatic rings. The number of nitro groups is 1. The summed E-state index contributed by atoms with van der Waals surface area (Å²) in [5.41, 5.74) is 3.02. The number of nitrogens with zero attached hydrogens (tertiary/aromatic N) is 4. The van der Waals surface area contributed by atoms with Gasteiger partial charge in [-0.15, -0.1) is 0 Å². The van der Waals surface area contributed by atoms with Crippen molar-refractivity contribution in [2.45, 2.75) is 31.8 Å². The normalized spacial score (nSPS) is 23.0. The Bertz CT molecular complexity index is 1020. The molecule has 32 heavy (non-hydrogen) atoms. The van der Waals surface area contributed by atoms with E-state index in [1.165, 1.54) is 12.1 Å². The van der Waals surface area contributed by atoms with Crippen molar-refractivity contribution in [1.29, 1.82) is 0 Å². The molecule has 0 aromatic heterocycles. The zero-order valence-corrected chi connectivity index (χ0v) is 18.0. The van der Waals surface area contributed by atoms with Crippen molar-refractivity contribution in [3.8, 4) is 0 Å². The van der Waals surface area contributed by atoms with E-state index in [-0.39, 0.29) is 34.3 Å². The maximum absolute atomic E-state index is 13.5. The van der Waals surface area contributed by atoms with Gasteiger partial charge in [0.05, 0.1) is 16.9 Å². The number of piperazine rings is 1. The van der Waals surface area contributed by atoms with E-state index in [0.717, 1.165) is 62.4 Å². The van der Waals surface area contributed by atoms with Gasteiger partial charge in [0, 0.05) is 57.1 Å². The standard InChI is InChI=1S/C24H27FN4O3/c25-19-5-3-17(4-6-19)15-26-11-12-28-22-8-7-20(29(31)32)13-18(22)14-21(23(28)16-26)24(30)27-9-1-2-10-27/h3-8,13,21,23H,1-2,9-12,14-16H2/t21-,23-/m0/s1. The van der Waals surface area contributed by atoms with Gasteiger partial charge in [-0.05, 0) is 48.6 Å². The quantitative estimate of drug-likeness (QED) is 0.542. The first-order valence-corrected chi connectivity index (χ1v) is 11.3. The summed E-state index contributed by atoms with van der Waals surface area (Å²) in [4.78, 5) is 31.0. The van der Waals surface area contributed by atoms with E-state index in [2.05, 4.69) is 9.80 Å². The Kier molecular flexibility index (Phi) is 5.55. The molecule has 3 aliphatic heterocycles. The average Bonchev–Trinajstić information content (AvgIpc) is 3.34. The van der Waals surface area contributed by atoms with Gasteiger partial charge in [-0.25, -0.2) is 4.39 Å². The molecule has 5 rings (SSSR count). The van der Waals surface area contributed by atoms with Crippen LogP contribution in [0.5, 0.6) is 0 Å². The van der Waals surface area contributed by atoms with Crippen LogP contribution in [-0.2, 0) is 17.8 Å². The third-order valence-electron chi connectivity index (χ3n) is 7.04. The zero-order chi connectivity index (χ0) is 22.2. The Hall–Kier alpha value is -3.00. The van der Waals surface area contributed by atoms with Crippen LogP contribution >= 0.6 is 0 Å². The molecule has 168 valence electrons. The van der Waals surface area contributed by atoms with Crippen molar-refractivity contribution in [1.82, 2.24) is 9.80 Å². The molecule has 8 heteroatoms. The molecule has 2 atom stereocenters. The fourth-order valence-electron chi connectivity index (χ4n) is 5.43. The largest absolute Gasteiger partial charge is 0.365 e. The van der Waals surface area contributed by atoms with E-state index in [9.17, 15) is 19.3 Å². The molecule has 0 bridgehead atoms. The van der Waals surface area contributed by atoms with Crippen LogP contribution in [0.2, 0.25) is 0 Å². The number of nitro benzene ring substituents is 1. The van der Waals surface area contributed by atoms with Gasteiger partial charge >= 0.3 is 0 Å². The van der Waals surface area contributed by atoms with E-state index in [1.54, 1.807) is 12.1 Å². The molecule has 7 nitrogen and oxygen atoms in total. The predicted molar refractivity (Wildman–Crippen MR) is 119 cm³/mol. The predicted octanol–water partition coefficient (Wildman–Crippen LogP) is 3.22. The van der Waals surface area contributed by atoms with Crippen LogP contribution in [0.3, 0.4) is 0 Å². The molecule has 1 amide bonds. The molecular weight excluding hydrogens is 411 g/mol. The van der Waals surface area contributed by atoms with Gasteiger partial charge in [-0.2, -0.15) is 0 Å². The van der Waals surface area contributed by atoms with Gasteiger partial charge in [0.25, 0.3) is 5.69 Å². The van der Waals surface area contributed by atoms with Crippen molar-refractivity contribution in [2.24, 2.45) is 5.92 Å². The lowest BCUT2D eigenvalue weighted by Crippen LogP contribution is -2.61. The molecule has 0 spiro atoms. The van der Waals surface area contributed by atoms with Crippen molar-refractivity contribution in [3.63, 3.8) is 0 Å². The van der Waals surface area contributed by atoms with E-state index in [0.29, 0.717) is 13.0 Å². The number of fused-ring (bicyclic) bond motifs is 3. The van der Waals surface area contributed by atoms with Crippen molar-refractivity contribution in [3.05, 3.63) is 69.5 Å². The second kappa shape index (κ2) is 8.50. The minimum atomic E-state index is -0.371. The van der Waals surface area contributed by atoms with Gasteiger partial charge in [0.1, 0.15) is 5.82 Å². The molecular formula is C24H27FN4O3. The molecule has 0 unspecified atom stereocenters. The molecule has 2 saturated heterocycles. The highest BCUT2D eigenvalue weighted by Gasteiger charge is 2.43. The third-order valence-corrected chi connectivity index (χ3v) is 7.04. The Labute approximate surface area is 186 Å². The average molecular weight is 439 g/mol. The number of amides is 1. The van der Waals surface area contributed by atoms with Crippen LogP contribution in [0.25, 0.3) is 0 Å². The van der Waals surface area contributed by atoms with Crippen molar-refractivity contribution < 1.29 is 14.1 Å². The van der Waals surface area contributed by atoms with Gasteiger partial charge in [0.15, 0.2) is 0 Å². The third kappa shape index (κ3) is 3.95. The monoisotopic (exact) mass is 438 g/mol. The Morgan fingerprint density at radius 1 is 1.06 bits per heavy atom. The second-order valence-electron chi connectivity index (χ2n) is 9.04. The summed E-state index contributed by atoms with van der Waals surface area (Å²) in [6, 6.07) is 11.6. The summed E-state index contributed by atoms with van der Waals surface area (Å²) < 4.78 is 13.3. The number of carbonyl (C=O) groups excluding carboxylic acids is 1. The van der Waals surface area contributed by atoms with Crippen molar-refractivity contribution >= 4 is 17.3 Å². The summed E-state index contributed by atoms with van der Waals surface area (Å²) >= 11 is 0. The highest BCUT2D eigenvalue weighted by atomic mass is 19.1. The number of carbonyl (C=O) groups is 1. The topological polar surface area (TPSA) is 69.9 Å². The highest BCUT2D eigenvalue weighted by molar-refractivity contribution is 5.82. The lowest BCUT2D eigenvalue weighted by Gasteiger charge is -2.49. The van der Waals surface area contributed by atoms with Gasteiger partial charge in [-0.1, -0.05) is 12.1 Å². The molecule has 0 aliphatic carbocycles. The van der Waals surface area contributed by atoms with Crippen LogP contribution < -0.4 is 4.90 Å². The number of benzene rings is 2. The van der Waals surface area contributed by atoms with Gasteiger partial charge < -0.3 is 9.80 Å². The number of hydrogen-bond donors (Lipinski definition) is 0. The minimum Gasteiger partial charge on any atom is -0.365 e. The Balaban J connectivity index is 1.43. The SMILES string of the molecule is O=C([C@H]1Cc2cc([N+](=O)[O-])ccc2N2CCN(Cc3ccc(F)cc3)C[C@@H]12)N1CCCC1. The summed E-state index contributed by atoms with van der Waals surface area (Å²) in [6.45, 7) is 4.60. The number of likely N-dealkylation sites (tertiary alicyclic amines) is 1. The molecule has 2 aromatic carbocycles. The number of hydrogen-bond acceptors (Lipinski definition) is 5. The molecule has 2 fully saturated rings. The van der Waals surface area contributed by atoms with E-state index in [1.807, 2.05) is 23.1 Å². The van der Waals surface area contributed by atoms with Crippen molar-refractivity contribution in [2.75, 3.05) is 37.6 Å². The lowest BCUT2D eigenvalue weighted by molar-refractivity contribution is -0.384. The van der Waals surface area contributed by atoms with E-state index >= 15 is 0 Å². The molecule has 0 radical (unpaired) electrons. The van der Waals surface area contributed by atoms with Gasteiger partial charge in [0.2, 0.25) is 5.91 Å². The summed E-state index contributed by atoms with van der Waals surface area (Å²) in [6.07, 6.45) is 2.59. The number of anilines is 1. The fraction of sp³-hybridized carbons (Fsp3) is 0.458. The second-order valence-corrected chi connectivity index (χ2v) is 9.04. The highest BCUT2D eigenvalue weighted by Crippen LogP contribution is 2.39. The number of non-ortho nitro benzene ring substituents is 1. The zero-order valence-electron chi connectivity index (χ0n) is 18.0. The molecule has 0 saturated carbocycles. The maximum Gasteiger partial charge on any atom is 0.269 e. The van der Waals surface area contributed by atoms with Crippen LogP contribution in [0.4, 0.5) is 15.8 Å². The first kappa shape index (κ1) is 20.9. The fourth-order valence-corrected chi connectivity index (χ4v) is 5.43. The first-order chi connectivity index (χ1) is 15.5. The molecule has 3 aliphatic rings. The van der Waals surface area contributed by atoms with Crippen LogP contribution in [0, 0.1) is 21.8 Å².